The van der Waals surface area contributed by atoms with Crippen LogP contribution in [0.25, 0.3) is 85.0 Å². The van der Waals surface area contributed by atoms with E-state index in [-0.39, 0.29) is 0 Å². The van der Waals surface area contributed by atoms with E-state index in [2.05, 4.69) is 169 Å². The molecule has 0 aliphatic carbocycles. The molecule has 6 heteroatoms. The monoisotopic (exact) mass is 762 g/mol. The molecule has 0 bridgehead atoms. The minimum absolute atomic E-state index is 0.679. The molecule has 0 unspecified atom stereocenters. The Kier molecular flexibility index (Phi) is 7.88. The summed E-state index contributed by atoms with van der Waals surface area (Å²) < 4.78 is 2.38. The van der Waals surface area contributed by atoms with E-state index < -0.39 is 0 Å². The normalized spacial score (nSPS) is 11.5. The van der Waals surface area contributed by atoms with Crippen LogP contribution in [0, 0.1) is 11.3 Å². The van der Waals surface area contributed by atoms with E-state index in [1.165, 1.54) is 42.1 Å². The van der Waals surface area contributed by atoms with Crippen molar-refractivity contribution in [3.63, 3.8) is 0 Å². The van der Waals surface area contributed by atoms with Crippen LogP contribution in [0.1, 0.15) is 5.56 Å². The molecule has 9 aromatic carbocycles. The van der Waals surface area contributed by atoms with E-state index in [0.717, 1.165) is 60.0 Å². The molecular formula is C51H30N4S2. The quantitative estimate of drug-likeness (QED) is 0.158. The maximum Gasteiger partial charge on any atom is 0.124 e. The Morgan fingerprint density at radius 2 is 0.860 bits per heavy atom. The molecule has 0 aliphatic heterocycles. The molecule has 57 heavy (non-hydrogen) atoms. The fourth-order valence-corrected chi connectivity index (χ4v) is 9.76. The SMILES string of the molecule is N#Cc1ccc2c(ccc3cc(-c4ccc5cc(N(c6ccc(-c7nc8ccccc8s7)cc6)c6ccc(-c7nc8ccccc8s7)cc6)ccc5c4)ccc32)c1. The van der Waals surface area contributed by atoms with Gasteiger partial charge in [-0.1, -0.05) is 72.8 Å². The van der Waals surface area contributed by atoms with Gasteiger partial charge in [0.25, 0.3) is 0 Å². The summed E-state index contributed by atoms with van der Waals surface area (Å²) in [4.78, 5) is 12.2. The Bertz CT molecular complexity index is 3190. The molecule has 0 atom stereocenters. The van der Waals surface area contributed by atoms with Crippen molar-refractivity contribution in [1.29, 1.82) is 5.26 Å². The van der Waals surface area contributed by atoms with E-state index in [1.54, 1.807) is 22.7 Å². The van der Waals surface area contributed by atoms with Crippen LogP contribution in [-0.4, -0.2) is 9.97 Å². The maximum absolute atomic E-state index is 9.37. The average Bonchev–Trinajstić information content (AvgIpc) is 3.92. The van der Waals surface area contributed by atoms with Crippen molar-refractivity contribution in [2.24, 2.45) is 0 Å². The second-order valence-corrected chi connectivity index (χ2v) is 16.3. The lowest BCUT2D eigenvalue weighted by atomic mass is 9.95. The third-order valence-corrected chi connectivity index (χ3v) is 12.9. The molecule has 0 aliphatic rings. The number of para-hydroxylation sites is 2. The van der Waals surface area contributed by atoms with Crippen LogP contribution in [0.2, 0.25) is 0 Å². The topological polar surface area (TPSA) is 52.8 Å². The number of fused-ring (bicyclic) bond motifs is 6. The molecule has 4 nitrogen and oxygen atoms in total. The van der Waals surface area contributed by atoms with Gasteiger partial charge in [-0.25, -0.2) is 9.97 Å². The number of nitrogens with zero attached hydrogens (tertiary/aromatic N) is 4. The number of rotatable bonds is 6. The third-order valence-electron chi connectivity index (χ3n) is 10.7. The zero-order valence-corrected chi connectivity index (χ0v) is 32.1. The number of hydrogen-bond acceptors (Lipinski definition) is 6. The predicted molar refractivity (Wildman–Crippen MR) is 241 cm³/mol. The maximum atomic E-state index is 9.37. The van der Waals surface area contributed by atoms with E-state index in [1.807, 2.05) is 24.3 Å². The summed E-state index contributed by atoms with van der Waals surface area (Å²) in [5, 5.41) is 18.4. The number of aromatic nitrogens is 2. The van der Waals surface area contributed by atoms with Crippen LogP contribution < -0.4 is 4.90 Å². The minimum Gasteiger partial charge on any atom is -0.310 e. The lowest BCUT2D eigenvalue weighted by molar-refractivity contribution is 1.29. The Morgan fingerprint density at radius 1 is 0.404 bits per heavy atom. The highest BCUT2D eigenvalue weighted by Gasteiger charge is 2.16. The molecule has 0 amide bonds. The average molecular weight is 763 g/mol. The van der Waals surface area contributed by atoms with Crippen molar-refractivity contribution in [2.45, 2.75) is 0 Å². The second kappa shape index (κ2) is 13.5. The van der Waals surface area contributed by atoms with Gasteiger partial charge < -0.3 is 4.90 Å². The van der Waals surface area contributed by atoms with Gasteiger partial charge in [-0.15, -0.1) is 22.7 Å². The molecule has 11 aromatic rings. The van der Waals surface area contributed by atoms with Gasteiger partial charge in [0.1, 0.15) is 10.0 Å². The lowest BCUT2D eigenvalue weighted by Gasteiger charge is -2.26. The summed E-state index contributed by atoms with van der Waals surface area (Å²) in [5.74, 6) is 0. The number of thiazole rings is 2. The number of benzene rings is 9. The van der Waals surface area contributed by atoms with Crippen LogP contribution in [0.4, 0.5) is 17.1 Å². The highest BCUT2D eigenvalue weighted by Crippen LogP contribution is 2.40. The zero-order valence-electron chi connectivity index (χ0n) is 30.4. The molecule has 11 rings (SSSR count). The van der Waals surface area contributed by atoms with Crippen molar-refractivity contribution >= 4 is 92.5 Å². The van der Waals surface area contributed by atoms with Gasteiger partial charge in [-0.05, 0) is 153 Å². The van der Waals surface area contributed by atoms with Gasteiger partial charge in [0.05, 0.1) is 32.1 Å². The molecule has 2 heterocycles. The van der Waals surface area contributed by atoms with Crippen molar-refractivity contribution in [3.8, 4) is 38.3 Å². The first-order chi connectivity index (χ1) is 28.1. The summed E-state index contributed by atoms with van der Waals surface area (Å²) in [7, 11) is 0. The Hall–Kier alpha value is -7.17. The van der Waals surface area contributed by atoms with Crippen molar-refractivity contribution in [3.05, 3.63) is 188 Å². The van der Waals surface area contributed by atoms with Gasteiger partial charge in [0.15, 0.2) is 0 Å². The second-order valence-electron chi connectivity index (χ2n) is 14.2. The van der Waals surface area contributed by atoms with E-state index in [0.29, 0.717) is 5.56 Å². The van der Waals surface area contributed by atoms with Gasteiger partial charge >= 0.3 is 0 Å². The fourth-order valence-electron chi connectivity index (χ4n) is 7.82. The first-order valence-electron chi connectivity index (χ1n) is 18.8. The lowest BCUT2D eigenvalue weighted by Crippen LogP contribution is -2.09. The molecule has 0 saturated carbocycles. The number of hydrogen-bond donors (Lipinski definition) is 0. The van der Waals surface area contributed by atoms with Crippen molar-refractivity contribution in [1.82, 2.24) is 9.97 Å². The molecule has 0 N–H and O–H groups in total. The van der Waals surface area contributed by atoms with Crippen molar-refractivity contribution < 1.29 is 0 Å². The summed E-state index contributed by atoms with van der Waals surface area (Å²) >= 11 is 3.44. The summed E-state index contributed by atoms with van der Waals surface area (Å²) in [6.45, 7) is 0. The predicted octanol–water partition coefficient (Wildman–Crippen LogP) is 14.7. The minimum atomic E-state index is 0.679. The Morgan fingerprint density at radius 3 is 1.46 bits per heavy atom. The van der Waals surface area contributed by atoms with Crippen LogP contribution in [0.5, 0.6) is 0 Å². The third kappa shape index (κ3) is 5.98. The van der Waals surface area contributed by atoms with Crippen LogP contribution >= 0.6 is 22.7 Å². The molecule has 0 radical (unpaired) electrons. The molecule has 266 valence electrons. The van der Waals surface area contributed by atoms with Crippen molar-refractivity contribution in [2.75, 3.05) is 4.90 Å². The molecule has 0 spiro atoms. The summed E-state index contributed by atoms with van der Waals surface area (Å²) in [6.07, 6.45) is 0. The Balaban J connectivity index is 0.960. The Labute approximate surface area is 336 Å². The first kappa shape index (κ1) is 33.2. The molecule has 2 aromatic heterocycles. The van der Waals surface area contributed by atoms with Crippen LogP contribution in [0.15, 0.2) is 182 Å². The van der Waals surface area contributed by atoms with Crippen LogP contribution in [0.3, 0.4) is 0 Å². The van der Waals surface area contributed by atoms with Gasteiger partial charge in [-0.2, -0.15) is 5.26 Å². The molecule has 0 saturated heterocycles. The van der Waals surface area contributed by atoms with E-state index in [4.69, 9.17) is 9.97 Å². The van der Waals surface area contributed by atoms with Gasteiger partial charge in [0.2, 0.25) is 0 Å². The summed E-state index contributed by atoms with van der Waals surface area (Å²) in [6, 6.07) is 66.7. The largest absolute Gasteiger partial charge is 0.310 e. The highest BCUT2D eigenvalue weighted by atomic mass is 32.1. The molecule has 0 fully saturated rings. The number of nitriles is 1. The molecular weight excluding hydrogens is 733 g/mol. The smallest absolute Gasteiger partial charge is 0.124 e. The fraction of sp³-hybridized carbons (Fsp3) is 0. The first-order valence-corrected chi connectivity index (χ1v) is 20.4. The van der Waals surface area contributed by atoms with Gasteiger partial charge in [0, 0.05) is 28.2 Å². The van der Waals surface area contributed by atoms with E-state index in [9.17, 15) is 5.26 Å². The number of anilines is 3. The highest BCUT2D eigenvalue weighted by molar-refractivity contribution is 7.22. The van der Waals surface area contributed by atoms with E-state index >= 15 is 0 Å². The zero-order chi connectivity index (χ0) is 37.9. The standard InChI is InChI=1S/C51H30N4S2/c52-31-32-9-25-44-39(27-32)12-13-40-29-37(19-26-45(40)44)35-10-11-38-30-43(24-18-36(38)28-35)55(41-20-14-33(15-21-41)50-53-46-5-1-3-7-48(46)56-50)42-22-16-34(17-23-42)51-54-47-6-2-4-8-49(47)57-51/h1-30H. The summed E-state index contributed by atoms with van der Waals surface area (Å²) in [5.41, 5.74) is 10.5. The van der Waals surface area contributed by atoms with Gasteiger partial charge in [-0.3, -0.25) is 0 Å². The van der Waals surface area contributed by atoms with Crippen LogP contribution in [-0.2, 0) is 0 Å².